The van der Waals surface area contributed by atoms with Crippen molar-refractivity contribution < 1.29 is 9.47 Å². The van der Waals surface area contributed by atoms with E-state index in [0.29, 0.717) is 13.2 Å². The molecule has 0 unspecified atom stereocenters. The lowest BCUT2D eigenvalue weighted by atomic mass is 10.2. The molecule has 0 aromatic heterocycles. The van der Waals surface area contributed by atoms with Gasteiger partial charge >= 0.3 is 0 Å². The molecule has 0 aliphatic rings. The smallest absolute Gasteiger partial charge is 0.137 e. The van der Waals surface area contributed by atoms with Crippen molar-refractivity contribution in [3.05, 3.63) is 28.2 Å². The van der Waals surface area contributed by atoms with Gasteiger partial charge < -0.3 is 9.47 Å². The molecule has 0 saturated carbocycles. The molecule has 0 heterocycles. The first-order valence-corrected chi connectivity index (χ1v) is 7.25. The van der Waals surface area contributed by atoms with Crippen LogP contribution in [0.15, 0.2) is 22.7 Å². The zero-order valence-electron chi connectivity index (χ0n) is 9.34. The van der Waals surface area contributed by atoms with Gasteiger partial charge in [0.25, 0.3) is 0 Å². The summed E-state index contributed by atoms with van der Waals surface area (Å²) in [4.78, 5) is 0. The van der Waals surface area contributed by atoms with Crippen molar-refractivity contribution in [1.29, 1.82) is 0 Å². The Labute approximate surface area is 114 Å². The molecule has 16 heavy (non-hydrogen) atoms. The van der Waals surface area contributed by atoms with Gasteiger partial charge in [0.15, 0.2) is 0 Å². The topological polar surface area (TPSA) is 18.5 Å². The Kier molecular flexibility index (Phi) is 7.08. The average Bonchev–Trinajstić information content (AvgIpc) is 2.30. The van der Waals surface area contributed by atoms with Gasteiger partial charge in [-0.05, 0) is 28.4 Å². The van der Waals surface area contributed by atoms with Crippen molar-refractivity contribution in [1.82, 2.24) is 0 Å². The first kappa shape index (κ1) is 14.0. The molecule has 0 spiro atoms. The Bertz CT molecular complexity index is 316. The number of alkyl halides is 1. The molecule has 90 valence electrons. The quantitative estimate of drug-likeness (QED) is 0.542. The fraction of sp³-hybridized carbons (Fsp3) is 0.500. The van der Waals surface area contributed by atoms with E-state index in [1.54, 1.807) is 0 Å². The predicted octanol–water partition coefficient (Wildman–Crippen LogP) is 4.15. The maximum atomic E-state index is 5.70. The van der Waals surface area contributed by atoms with Crippen LogP contribution in [0, 0.1) is 0 Å². The third kappa shape index (κ3) is 4.44. The predicted molar refractivity (Wildman–Crippen MR) is 73.4 cm³/mol. The van der Waals surface area contributed by atoms with Crippen LogP contribution in [0.25, 0.3) is 0 Å². The third-order valence-electron chi connectivity index (χ3n) is 2.02. The molecule has 0 atom stereocenters. The zero-order chi connectivity index (χ0) is 11.8. The summed E-state index contributed by atoms with van der Waals surface area (Å²) in [5.74, 6) is 0.902. The van der Waals surface area contributed by atoms with Crippen LogP contribution in [-0.2, 0) is 10.1 Å². The first-order valence-electron chi connectivity index (χ1n) is 5.33. The maximum absolute atomic E-state index is 5.70. The summed E-state index contributed by atoms with van der Waals surface area (Å²) in [6, 6.07) is 6.03. The Morgan fingerprint density at radius 2 is 2.00 bits per heavy atom. The maximum Gasteiger partial charge on any atom is 0.137 e. The summed E-state index contributed by atoms with van der Waals surface area (Å²) < 4.78 is 12.1. The molecule has 0 amide bonds. The second kappa shape index (κ2) is 8.09. The third-order valence-corrected chi connectivity index (χ3v) is 3.24. The van der Waals surface area contributed by atoms with Gasteiger partial charge in [0.1, 0.15) is 12.4 Å². The minimum absolute atomic E-state index is 0.586. The molecule has 0 fully saturated rings. The van der Waals surface area contributed by atoms with Gasteiger partial charge in [-0.2, -0.15) is 0 Å². The summed E-state index contributed by atoms with van der Waals surface area (Å²) in [5.41, 5.74) is 1.14. The lowest BCUT2D eigenvalue weighted by molar-refractivity contribution is 0.100. The molecule has 0 bridgehead atoms. The van der Waals surface area contributed by atoms with Crippen LogP contribution in [-0.4, -0.2) is 19.8 Å². The van der Waals surface area contributed by atoms with Crippen LogP contribution in [0.2, 0.25) is 0 Å². The van der Waals surface area contributed by atoms with Crippen LogP contribution in [0.4, 0.5) is 0 Å². The van der Waals surface area contributed by atoms with Crippen LogP contribution < -0.4 is 4.74 Å². The van der Waals surface area contributed by atoms with E-state index in [-0.39, 0.29) is 0 Å². The number of ether oxygens (including phenoxy) is 2. The lowest BCUT2D eigenvalue weighted by Gasteiger charge is -2.11. The summed E-state index contributed by atoms with van der Waals surface area (Å²) in [5, 5.41) is 0.789. The van der Waals surface area contributed by atoms with Gasteiger partial charge in [-0.15, -0.1) is 0 Å². The second-order valence-corrected chi connectivity index (χ2v) is 4.74. The summed E-state index contributed by atoms with van der Waals surface area (Å²) in [6.07, 6.45) is 1.04. The Morgan fingerprint density at radius 3 is 2.69 bits per heavy atom. The molecule has 0 aliphatic heterocycles. The van der Waals surface area contributed by atoms with E-state index in [1.165, 1.54) is 0 Å². The normalized spacial score (nSPS) is 10.4. The Morgan fingerprint density at radius 1 is 1.19 bits per heavy atom. The monoisotopic (exact) mass is 350 g/mol. The van der Waals surface area contributed by atoms with E-state index in [2.05, 4.69) is 38.8 Å². The van der Waals surface area contributed by atoms with Gasteiger partial charge in [-0.3, -0.25) is 0 Å². The number of halogens is 2. The first-order chi connectivity index (χ1) is 7.79. The number of hydrogen-bond donors (Lipinski definition) is 0. The Balaban J connectivity index is 2.46. The standard InChI is InChI=1S/C12H16Br2O2/c1-2-6-15-7-8-16-12-10(9-13)4-3-5-11(12)14/h3-5H,2,6-9H2,1H3. The Hall–Kier alpha value is -0.0600. The van der Waals surface area contributed by atoms with Gasteiger partial charge in [-0.1, -0.05) is 35.0 Å². The zero-order valence-corrected chi connectivity index (χ0v) is 12.5. The van der Waals surface area contributed by atoms with Gasteiger partial charge in [0.2, 0.25) is 0 Å². The molecular weight excluding hydrogens is 336 g/mol. The van der Waals surface area contributed by atoms with Gasteiger partial charge in [0, 0.05) is 17.5 Å². The fourth-order valence-electron chi connectivity index (χ4n) is 1.27. The molecule has 1 aromatic carbocycles. The molecular formula is C12H16Br2O2. The molecule has 0 radical (unpaired) electrons. The summed E-state index contributed by atoms with van der Waals surface area (Å²) in [7, 11) is 0. The van der Waals surface area contributed by atoms with E-state index in [9.17, 15) is 0 Å². The minimum atomic E-state index is 0.586. The SMILES string of the molecule is CCCOCCOc1c(Br)cccc1CBr. The van der Waals surface area contributed by atoms with E-state index in [4.69, 9.17) is 9.47 Å². The number of benzene rings is 1. The van der Waals surface area contributed by atoms with E-state index >= 15 is 0 Å². The highest BCUT2D eigenvalue weighted by atomic mass is 79.9. The van der Waals surface area contributed by atoms with Crippen molar-refractivity contribution in [2.45, 2.75) is 18.7 Å². The largest absolute Gasteiger partial charge is 0.490 e. The van der Waals surface area contributed by atoms with Crippen LogP contribution in [0.5, 0.6) is 5.75 Å². The van der Waals surface area contributed by atoms with Crippen molar-refractivity contribution in [3.63, 3.8) is 0 Å². The molecule has 0 N–H and O–H groups in total. The number of rotatable bonds is 7. The molecule has 0 aliphatic carbocycles. The molecule has 1 aromatic rings. The summed E-state index contributed by atoms with van der Waals surface area (Å²) in [6.45, 7) is 4.11. The molecule has 0 saturated heterocycles. The van der Waals surface area contributed by atoms with E-state index in [1.807, 2.05) is 18.2 Å². The summed E-state index contributed by atoms with van der Waals surface area (Å²) >= 11 is 6.93. The number of hydrogen-bond acceptors (Lipinski definition) is 2. The van der Waals surface area contributed by atoms with Gasteiger partial charge in [-0.25, -0.2) is 0 Å². The van der Waals surface area contributed by atoms with Crippen molar-refractivity contribution >= 4 is 31.9 Å². The fourth-order valence-corrected chi connectivity index (χ4v) is 2.23. The van der Waals surface area contributed by atoms with Crippen LogP contribution in [0.1, 0.15) is 18.9 Å². The highest BCUT2D eigenvalue weighted by Gasteiger charge is 2.06. The van der Waals surface area contributed by atoms with E-state index < -0.39 is 0 Å². The van der Waals surface area contributed by atoms with Crippen LogP contribution in [0.3, 0.4) is 0 Å². The van der Waals surface area contributed by atoms with Crippen molar-refractivity contribution in [2.75, 3.05) is 19.8 Å². The highest BCUT2D eigenvalue weighted by Crippen LogP contribution is 2.30. The van der Waals surface area contributed by atoms with Crippen molar-refractivity contribution in [3.8, 4) is 5.75 Å². The van der Waals surface area contributed by atoms with Gasteiger partial charge in [0.05, 0.1) is 11.1 Å². The van der Waals surface area contributed by atoms with Crippen molar-refractivity contribution in [2.24, 2.45) is 0 Å². The second-order valence-electron chi connectivity index (χ2n) is 3.32. The lowest BCUT2D eigenvalue weighted by Crippen LogP contribution is -2.08. The molecule has 1 rings (SSSR count). The molecule has 4 heteroatoms. The molecule has 2 nitrogen and oxygen atoms in total. The minimum Gasteiger partial charge on any atom is -0.490 e. The average molecular weight is 352 g/mol. The number of para-hydroxylation sites is 1. The highest BCUT2D eigenvalue weighted by molar-refractivity contribution is 9.10. The van der Waals surface area contributed by atoms with E-state index in [0.717, 1.165) is 34.1 Å². The van der Waals surface area contributed by atoms with Crippen LogP contribution >= 0.6 is 31.9 Å².